The second kappa shape index (κ2) is 8.67. The fourth-order valence-electron chi connectivity index (χ4n) is 2.45. The second-order valence-corrected chi connectivity index (χ2v) is 6.99. The van der Waals surface area contributed by atoms with Crippen molar-refractivity contribution in [3.8, 4) is 17.5 Å². The van der Waals surface area contributed by atoms with Gasteiger partial charge >= 0.3 is 0 Å². The van der Waals surface area contributed by atoms with E-state index in [0.717, 1.165) is 5.56 Å². The van der Waals surface area contributed by atoms with Gasteiger partial charge in [-0.25, -0.2) is 0 Å². The van der Waals surface area contributed by atoms with Crippen LogP contribution in [0.2, 0.25) is 5.02 Å². The molecule has 0 radical (unpaired) electrons. The maximum atomic E-state index is 12.4. The molecule has 0 atom stereocenters. The van der Waals surface area contributed by atoms with Crippen LogP contribution in [0.15, 0.2) is 66.3 Å². The molecule has 0 aliphatic rings. The van der Waals surface area contributed by atoms with Crippen LogP contribution in [-0.2, 0) is 6.54 Å². The highest BCUT2D eigenvalue weighted by Crippen LogP contribution is 2.25. The van der Waals surface area contributed by atoms with Gasteiger partial charge in [0.2, 0.25) is 0 Å². The predicted molar refractivity (Wildman–Crippen MR) is 107 cm³/mol. The summed E-state index contributed by atoms with van der Waals surface area (Å²) in [5.74, 6) is 0.882. The number of nitriles is 1. The molecule has 7 heteroatoms. The van der Waals surface area contributed by atoms with Crippen LogP contribution < -0.4 is 0 Å². The smallest absolute Gasteiger partial charge is 0.192 e. The van der Waals surface area contributed by atoms with Crippen molar-refractivity contribution in [1.29, 1.82) is 5.26 Å². The SMILES string of the molecule is C=CCn1c(SCC(=O)c2ccc(C#N)cc2)nnc1-c1ccc(Cl)cc1. The van der Waals surface area contributed by atoms with E-state index in [1.54, 1.807) is 42.5 Å². The fourth-order valence-corrected chi connectivity index (χ4v) is 3.41. The van der Waals surface area contributed by atoms with E-state index in [2.05, 4.69) is 16.8 Å². The number of rotatable bonds is 7. The predicted octanol–water partition coefficient (Wildman–Crippen LogP) is 4.63. The average molecular weight is 395 g/mol. The lowest BCUT2D eigenvalue weighted by Crippen LogP contribution is -2.05. The van der Waals surface area contributed by atoms with Crippen LogP contribution in [0.25, 0.3) is 11.4 Å². The first-order chi connectivity index (χ1) is 13.1. The van der Waals surface area contributed by atoms with E-state index in [4.69, 9.17) is 16.9 Å². The third kappa shape index (κ3) is 4.45. The number of halogens is 1. The number of Topliss-reactive ketones (excluding diaryl/α,β-unsaturated/α-hetero) is 1. The van der Waals surface area contributed by atoms with Crippen molar-refractivity contribution in [2.24, 2.45) is 0 Å². The van der Waals surface area contributed by atoms with Crippen LogP contribution in [0, 0.1) is 11.3 Å². The molecule has 0 amide bonds. The Morgan fingerprint density at radius 2 is 1.89 bits per heavy atom. The molecule has 0 spiro atoms. The molecule has 2 aromatic carbocycles. The standard InChI is InChI=1S/C20H15ClN4OS/c1-2-11-25-19(16-7-9-17(21)10-8-16)23-24-20(25)27-13-18(26)15-5-3-14(12-22)4-6-15/h2-10H,1,11,13H2. The molecule has 3 rings (SSSR count). The molecule has 0 saturated carbocycles. The molecule has 1 heterocycles. The first-order valence-electron chi connectivity index (χ1n) is 8.08. The summed E-state index contributed by atoms with van der Waals surface area (Å²) in [7, 11) is 0. The Morgan fingerprint density at radius 3 is 2.52 bits per heavy atom. The topological polar surface area (TPSA) is 71.6 Å². The van der Waals surface area contributed by atoms with Gasteiger partial charge in [0.15, 0.2) is 16.8 Å². The normalized spacial score (nSPS) is 10.4. The molecular weight excluding hydrogens is 380 g/mol. The van der Waals surface area contributed by atoms with E-state index in [1.807, 2.05) is 22.8 Å². The van der Waals surface area contributed by atoms with Gasteiger partial charge < -0.3 is 0 Å². The maximum absolute atomic E-state index is 12.4. The van der Waals surface area contributed by atoms with Gasteiger partial charge in [0.25, 0.3) is 0 Å². The summed E-state index contributed by atoms with van der Waals surface area (Å²) in [6, 6.07) is 16.0. The molecule has 0 aliphatic heterocycles. The minimum absolute atomic E-state index is 0.0364. The summed E-state index contributed by atoms with van der Waals surface area (Å²) in [6.45, 7) is 4.31. The van der Waals surface area contributed by atoms with Crippen LogP contribution >= 0.6 is 23.4 Å². The zero-order chi connectivity index (χ0) is 19.2. The summed E-state index contributed by atoms with van der Waals surface area (Å²) in [5.41, 5.74) is 1.98. The molecular formula is C20H15ClN4OS. The average Bonchev–Trinajstić information content (AvgIpc) is 3.09. The van der Waals surface area contributed by atoms with Crippen LogP contribution in [-0.4, -0.2) is 26.3 Å². The number of ketones is 1. The van der Waals surface area contributed by atoms with E-state index in [9.17, 15) is 4.79 Å². The number of thioether (sulfide) groups is 1. The zero-order valence-electron chi connectivity index (χ0n) is 14.3. The molecule has 1 aromatic heterocycles. The summed E-state index contributed by atoms with van der Waals surface area (Å²) in [5, 5.41) is 18.6. The monoisotopic (exact) mass is 394 g/mol. The number of carbonyl (C=O) groups excluding carboxylic acids is 1. The van der Waals surface area contributed by atoms with Gasteiger partial charge in [-0.3, -0.25) is 9.36 Å². The Bertz CT molecular complexity index is 1000. The van der Waals surface area contributed by atoms with Gasteiger partial charge in [0, 0.05) is 22.7 Å². The molecule has 0 unspecified atom stereocenters. The summed E-state index contributed by atoms with van der Waals surface area (Å²) >= 11 is 7.27. The van der Waals surface area contributed by atoms with Gasteiger partial charge in [-0.1, -0.05) is 41.6 Å². The molecule has 0 bridgehead atoms. The highest BCUT2D eigenvalue weighted by atomic mass is 35.5. The van der Waals surface area contributed by atoms with Crippen LogP contribution in [0.1, 0.15) is 15.9 Å². The minimum Gasteiger partial charge on any atom is -0.298 e. The molecule has 3 aromatic rings. The number of allylic oxidation sites excluding steroid dienone is 1. The van der Waals surface area contributed by atoms with E-state index < -0.39 is 0 Å². The zero-order valence-corrected chi connectivity index (χ0v) is 15.9. The third-order valence-electron chi connectivity index (χ3n) is 3.80. The fraction of sp³-hybridized carbons (Fsp3) is 0.100. The lowest BCUT2D eigenvalue weighted by Gasteiger charge is -2.07. The van der Waals surface area contributed by atoms with Gasteiger partial charge in [-0.05, 0) is 36.4 Å². The van der Waals surface area contributed by atoms with Gasteiger partial charge in [0.05, 0.1) is 17.4 Å². The van der Waals surface area contributed by atoms with Crippen molar-refractivity contribution < 1.29 is 4.79 Å². The van der Waals surface area contributed by atoms with Crippen LogP contribution in [0.4, 0.5) is 0 Å². The van der Waals surface area contributed by atoms with Crippen molar-refractivity contribution in [3.05, 3.63) is 77.3 Å². The molecule has 0 aliphatic carbocycles. The third-order valence-corrected chi connectivity index (χ3v) is 5.02. The van der Waals surface area contributed by atoms with Crippen LogP contribution in [0.3, 0.4) is 0 Å². The Kier molecular flexibility index (Phi) is 6.07. The lowest BCUT2D eigenvalue weighted by molar-refractivity contribution is 0.102. The number of hydrogen-bond donors (Lipinski definition) is 0. The highest BCUT2D eigenvalue weighted by molar-refractivity contribution is 7.99. The van der Waals surface area contributed by atoms with Gasteiger partial charge in [-0.15, -0.1) is 16.8 Å². The quantitative estimate of drug-likeness (QED) is 0.332. The van der Waals surface area contributed by atoms with Crippen molar-refractivity contribution in [2.75, 3.05) is 5.75 Å². The van der Waals surface area contributed by atoms with Gasteiger partial charge in [0.1, 0.15) is 0 Å². The Morgan fingerprint density at radius 1 is 1.19 bits per heavy atom. The van der Waals surface area contributed by atoms with Gasteiger partial charge in [-0.2, -0.15) is 5.26 Å². The van der Waals surface area contributed by atoms with Crippen molar-refractivity contribution >= 4 is 29.1 Å². The van der Waals surface area contributed by atoms with E-state index in [-0.39, 0.29) is 11.5 Å². The number of carbonyl (C=O) groups is 1. The minimum atomic E-state index is -0.0364. The maximum Gasteiger partial charge on any atom is 0.192 e. The Labute approximate surface area is 166 Å². The van der Waals surface area contributed by atoms with E-state index in [0.29, 0.717) is 33.7 Å². The molecule has 27 heavy (non-hydrogen) atoms. The van der Waals surface area contributed by atoms with Crippen LogP contribution in [0.5, 0.6) is 0 Å². The van der Waals surface area contributed by atoms with Crippen molar-refractivity contribution in [1.82, 2.24) is 14.8 Å². The highest BCUT2D eigenvalue weighted by Gasteiger charge is 2.15. The number of aromatic nitrogens is 3. The summed E-state index contributed by atoms with van der Waals surface area (Å²) in [6.07, 6.45) is 1.76. The summed E-state index contributed by atoms with van der Waals surface area (Å²) in [4.78, 5) is 12.4. The van der Waals surface area contributed by atoms with Crippen molar-refractivity contribution in [2.45, 2.75) is 11.7 Å². The number of benzene rings is 2. The van der Waals surface area contributed by atoms with Crippen molar-refractivity contribution in [3.63, 3.8) is 0 Å². The number of nitrogens with zero attached hydrogens (tertiary/aromatic N) is 4. The second-order valence-electron chi connectivity index (χ2n) is 5.61. The molecule has 0 N–H and O–H groups in total. The molecule has 5 nitrogen and oxygen atoms in total. The number of hydrogen-bond acceptors (Lipinski definition) is 5. The molecule has 134 valence electrons. The first-order valence-corrected chi connectivity index (χ1v) is 9.45. The molecule has 0 saturated heterocycles. The first kappa shape index (κ1) is 18.9. The summed E-state index contributed by atoms with van der Waals surface area (Å²) < 4.78 is 1.91. The van der Waals surface area contributed by atoms with E-state index >= 15 is 0 Å². The Hall–Kier alpha value is -2.88. The largest absolute Gasteiger partial charge is 0.298 e. The Balaban J connectivity index is 1.78. The lowest BCUT2D eigenvalue weighted by atomic mass is 10.1. The molecule has 0 fully saturated rings. The van der Waals surface area contributed by atoms with E-state index in [1.165, 1.54) is 11.8 Å².